The third-order valence-corrected chi connectivity index (χ3v) is 3.92. The molecular formula is C8HF17O3SYb. The maximum Gasteiger partial charge on any atom is 0.460 e. The summed E-state index contributed by atoms with van der Waals surface area (Å²) in [5.74, 6) is -52.0. The SMILES string of the molecule is O=S(=O)(O)C(F)(F)C(F)(F)C(F)(F)C(F)(F)C(F)(F)C(F)(F)C(F)(F)C(F)(F)F.[Yb]. The van der Waals surface area contributed by atoms with Gasteiger partial charge in [0.05, 0.1) is 0 Å². The summed E-state index contributed by atoms with van der Waals surface area (Å²) in [7, 11) is -7.89. The van der Waals surface area contributed by atoms with Crippen LogP contribution in [0.3, 0.4) is 0 Å². The van der Waals surface area contributed by atoms with Crippen molar-refractivity contribution in [2.75, 3.05) is 0 Å². The maximum absolute atomic E-state index is 13.0. The Morgan fingerprint density at radius 1 is 0.433 bits per heavy atom. The van der Waals surface area contributed by atoms with Gasteiger partial charge in [-0.1, -0.05) is 0 Å². The first-order valence-electron chi connectivity index (χ1n) is 5.68. The summed E-state index contributed by atoms with van der Waals surface area (Å²) in [6.45, 7) is 0. The molecule has 22 heteroatoms. The maximum atomic E-state index is 13.0. The van der Waals surface area contributed by atoms with Gasteiger partial charge >= 0.3 is 57.1 Å². The van der Waals surface area contributed by atoms with Crippen molar-refractivity contribution < 1.29 is 135 Å². The van der Waals surface area contributed by atoms with Crippen LogP contribution >= 0.6 is 0 Å². The number of hydrogen-bond acceptors (Lipinski definition) is 2. The molecule has 0 aliphatic heterocycles. The third-order valence-electron chi connectivity index (χ3n) is 3.02. The number of rotatable bonds is 7. The van der Waals surface area contributed by atoms with Crippen LogP contribution in [0.2, 0.25) is 0 Å². The van der Waals surface area contributed by atoms with Crippen LogP contribution in [0, 0.1) is 46.9 Å². The predicted molar refractivity (Wildman–Crippen MR) is 52.2 cm³/mol. The topological polar surface area (TPSA) is 54.4 Å². The second-order valence-corrected chi connectivity index (χ2v) is 6.40. The summed E-state index contributed by atoms with van der Waals surface area (Å²) < 4.78 is 242. The van der Waals surface area contributed by atoms with Crippen molar-refractivity contribution in [2.45, 2.75) is 47.0 Å². The van der Waals surface area contributed by atoms with E-state index in [1.807, 2.05) is 0 Å². The van der Waals surface area contributed by atoms with E-state index in [-0.39, 0.29) is 46.9 Å². The van der Waals surface area contributed by atoms with Crippen LogP contribution in [-0.4, -0.2) is 59.9 Å². The molecule has 30 heavy (non-hydrogen) atoms. The summed E-state index contributed by atoms with van der Waals surface area (Å²) in [6.07, 6.45) is -7.88. The molecule has 0 atom stereocenters. The van der Waals surface area contributed by atoms with E-state index in [4.69, 9.17) is 4.55 Å². The van der Waals surface area contributed by atoms with Crippen molar-refractivity contribution in [1.82, 2.24) is 0 Å². The average molecular weight is 673 g/mol. The molecule has 0 amide bonds. The van der Waals surface area contributed by atoms with Gasteiger partial charge in [0, 0.05) is 46.9 Å². The van der Waals surface area contributed by atoms with E-state index in [0.29, 0.717) is 0 Å². The van der Waals surface area contributed by atoms with Crippen LogP contribution < -0.4 is 0 Å². The third kappa shape index (κ3) is 4.02. The Hall–Kier alpha value is 0.239. The molecule has 0 saturated heterocycles. The van der Waals surface area contributed by atoms with Crippen LogP contribution in [0.25, 0.3) is 0 Å². The molecule has 1 N–H and O–H groups in total. The first-order chi connectivity index (χ1) is 12.0. The van der Waals surface area contributed by atoms with Crippen LogP contribution in [0.1, 0.15) is 0 Å². The molecule has 0 aliphatic rings. The zero-order valence-corrected chi connectivity index (χ0v) is 14.9. The van der Waals surface area contributed by atoms with E-state index in [1.165, 1.54) is 0 Å². The molecule has 0 aromatic heterocycles. The zero-order chi connectivity index (χ0) is 24.5. The van der Waals surface area contributed by atoms with Gasteiger partial charge in [0.25, 0.3) is 0 Å². The van der Waals surface area contributed by atoms with Crippen LogP contribution in [0.5, 0.6) is 0 Å². The number of alkyl halides is 17. The van der Waals surface area contributed by atoms with Crippen molar-refractivity contribution in [1.29, 1.82) is 0 Å². The Balaban J connectivity index is 0. The molecule has 0 aliphatic carbocycles. The summed E-state index contributed by atoms with van der Waals surface area (Å²) in [6, 6.07) is 0. The van der Waals surface area contributed by atoms with Crippen molar-refractivity contribution in [3.05, 3.63) is 0 Å². The summed E-state index contributed by atoms with van der Waals surface area (Å²) in [5, 5.41) is -7.84. The molecule has 0 unspecified atom stereocenters. The summed E-state index contributed by atoms with van der Waals surface area (Å²) in [5.41, 5.74) is 0. The largest absolute Gasteiger partial charge is 0.460 e. The van der Waals surface area contributed by atoms with Gasteiger partial charge in [-0.2, -0.15) is 83.1 Å². The quantitative estimate of drug-likeness (QED) is 0.311. The average Bonchev–Trinajstić information content (AvgIpc) is 2.43. The first kappa shape index (κ1) is 32.4. The van der Waals surface area contributed by atoms with Gasteiger partial charge in [0.15, 0.2) is 0 Å². The van der Waals surface area contributed by atoms with Gasteiger partial charge in [-0.25, -0.2) is 0 Å². The summed E-state index contributed by atoms with van der Waals surface area (Å²) in [4.78, 5) is 0. The van der Waals surface area contributed by atoms with Crippen molar-refractivity contribution in [3.63, 3.8) is 0 Å². The van der Waals surface area contributed by atoms with Crippen LogP contribution in [0.4, 0.5) is 74.6 Å². The molecule has 0 rings (SSSR count). The second-order valence-electron chi connectivity index (χ2n) is 4.94. The van der Waals surface area contributed by atoms with E-state index in [9.17, 15) is 83.1 Å². The Labute approximate surface area is 190 Å². The van der Waals surface area contributed by atoms with Crippen LogP contribution in [-0.2, 0) is 10.1 Å². The smallest absolute Gasteiger partial charge is 0.281 e. The van der Waals surface area contributed by atoms with E-state index in [2.05, 4.69) is 0 Å². The molecule has 0 saturated carbocycles. The fourth-order valence-corrected chi connectivity index (χ4v) is 1.76. The predicted octanol–water partition coefficient (Wildman–Crippen LogP) is 4.84. The van der Waals surface area contributed by atoms with Gasteiger partial charge in [-0.15, -0.1) is 0 Å². The first-order valence-corrected chi connectivity index (χ1v) is 7.12. The van der Waals surface area contributed by atoms with E-state index in [0.717, 1.165) is 0 Å². The van der Waals surface area contributed by atoms with E-state index in [1.54, 1.807) is 0 Å². The second kappa shape index (κ2) is 7.93. The fraction of sp³-hybridized carbons (Fsp3) is 1.00. The molecular weight excluding hydrogens is 672 g/mol. The molecule has 0 fully saturated rings. The Morgan fingerprint density at radius 2 is 0.633 bits per heavy atom. The molecule has 0 bridgehead atoms. The molecule has 190 valence electrons. The Bertz CT molecular complexity index is 739. The fourth-order valence-electron chi connectivity index (χ4n) is 1.31. The van der Waals surface area contributed by atoms with Gasteiger partial charge in [-0.3, -0.25) is 4.55 Å². The van der Waals surface area contributed by atoms with Gasteiger partial charge in [-0.05, 0) is 0 Å². The molecule has 0 heterocycles. The number of hydrogen-bond donors (Lipinski definition) is 1. The molecule has 3 nitrogen and oxygen atoms in total. The van der Waals surface area contributed by atoms with Gasteiger partial charge < -0.3 is 0 Å². The minimum absolute atomic E-state index is 0. The normalized spacial score (nSPS) is 16.3. The van der Waals surface area contributed by atoms with Gasteiger partial charge in [0.2, 0.25) is 0 Å². The molecule has 0 aromatic rings. The minimum Gasteiger partial charge on any atom is -0.281 e. The molecule has 0 radical (unpaired) electrons. The number of halogens is 17. The van der Waals surface area contributed by atoms with Crippen LogP contribution in [0.15, 0.2) is 0 Å². The molecule has 0 aromatic carbocycles. The van der Waals surface area contributed by atoms with Crippen molar-refractivity contribution in [2.24, 2.45) is 0 Å². The minimum atomic E-state index is -8.89. The van der Waals surface area contributed by atoms with E-state index >= 15 is 0 Å². The van der Waals surface area contributed by atoms with Gasteiger partial charge in [0.1, 0.15) is 0 Å². The molecule has 0 spiro atoms. The standard InChI is InChI=1S/C8HF17O3S.Yb/c9-1(10,3(13,14)5(17,18)7(21,22)23)2(11,12)4(15,16)6(19,20)8(24,25)29(26,27)28;/h(H,26,27,28);. The Kier molecular flexibility index (Phi) is 8.57. The summed E-state index contributed by atoms with van der Waals surface area (Å²) >= 11 is 0. The zero-order valence-electron chi connectivity index (χ0n) is 12.4. The Morgan fingerprint density at radius 3 is 0.833 bits per heavy atom. The van der Waals surface area contributed by atoms with E-state index < -0.39 is 57.1 Å². The van der Waals surface area contributed by atoms with Crippen molar-refractivity contribution >= 4 is 10.1 Å². The van der Waals surface area contributed by atoms with Crippen molar-refractivity contribution in [3.8, 4) is 0 Å². The monoisotopic (exact) mass is 674 g/mol.